The van der Waals surface area contributed by atoms with Crippen molar-refractivity contribution in [1.82, 2.24) is 10.6 Å². The molecular formula is C16H25BrN2O2. The minimum atomic E-state index is 0.639. The summed E-state index contributed by atoms with van der Waals surface area (Å²) in [5, 5.41) is 6.97. The van der Waals surface area contributed by atoms with E-state index in [9.17, 15) is 0 Å². The largest absolute Gasteiger partial charge is 0.493 e. The Labute approximate surface area is 135 Å². The molecule has 1 saturated heterocycles. The van der Waals surface area contributed by atoms with Crippen LogP contribution in [-0.2, 0) is 6.54 Å². The molecule has 0 atom stereocenters. The quantitative estimate of drug-likeness (QED) is 0.788. The van der Waals surface area contributed by atoms with Gasteiger partial charge in [-0.25, -0.2) is 0 Å². The topological polar surface area (TPSA) is 42.5 Å². The van der Waals surface area contributed by atoms with Crippen molar-refractivity contribution < 1.29 is 9.47 Å². The van der Waals surface area contributed by atoms with Crippen molar-refractivity contribution in [3.8, 4) is 11.5 Å². The zero-order valence-electron chi connectivity index (χ0n) is 12.9. The first-order chi connectivity index (χ1) is 10.2. The molecule has 0 bridgehead atoms. The second kappa shape index (κ2) is 8.61. The van der Waals surface area contributed by atoms with E-state index in [1.807, 2.05) is 13.0 Å². The molecule has 21 heavy (non-hydrogen) atoms. The van der Waals surface area contributed by atoms with Gasteiger partial charge in [0.25, 0.3) is 0 Å². The molecule has 0 amide bonds. The predicted octanol–water partition coefficient (Wildman–Crippen LogP) is 2.95. The lowest BCUT2D eigenvalue weighted by molar-refractivity contribution is 0.310. The van der Waals surface area contributed by atoms with Gasteiger partial charge in [-0.15, -0.1) is 0 Å². The molecule has 1 aromatic carbocycles. The van der Waals surface area contributed by atoms with Crippen LogP contribution in [0.2, 0.25) is 0 Å². The third-order valence-corrected chi connectivity index (χ3v) is 4.58. The van der Waals surface area contributed by atoms with Crippen LogP contribution in [0.4, 0.5) is 0 Å². The van der Waals surface area contributed by atoms with Gasteiger partial charge in [-0.3, -0.25) is 0 Å². The van der Waals surface area contributed by atoms with E-state index in [-0.39, 0.29) is 0 Å². The number of halogens is 1. The minimum Gasteiger partial charge on any atom is -0.493 e. The summed E-state index contributed by atoms with van der Waals surface area (Å²) in [6.07, 6.45) is 2.53. The Morgan fingerprint density at radius 3 is 2.71 bits per heavy atom. The molecule has 0 spiro atoms. The van der Waals surface area contributed by atoms with E-state index in [0.29, 0.717) is 6.61 Å². The Morgan fingerprint density at radius 2 is 2.05 bits per heavy atom. The summed E-state index contributed by atoms with van der Waals surface area (Å²) in [6, 6.07) is 4.04. The number of piperidine rings is 1. The summed E-state index contributed by atoms with van der Waals surface area (Å²) in [5.41, 5.74) is 1.20. The van der Waals surface area contributed by atoms with Crippen molar-refractivity contribution in [3.05, 3.63) is 22.2 Å². The van der Waals surface area contributed by atoms with E-state index in [0.717, 1.165) is 48.1 Å². The van der Waals surface area contributed by atoms with Crippen LogP contribution in [0, 0.1) is 5.92 Å². The molecule has 0 saturated carbocycles. The van der Waals surface area contributed by atoms with Crippen LogP contribution in [0.1, 0.15) is 25.3 Å². The third-order valence-electron chi connectivity index (χ3n) is 3.84. The van der Waals surface area contributed by atoms with Crippen molar-refractivity contribution in [1.29, 1.82) is 0 Å². The van der Waals surface area contributed by atoms with E-state index >= 15 is 0 Å². The number of rotatable bonds is 7. The van der Waals surface area contributed by atoms with E-state index in [1.54, 1.807) is 7.11 Å². The van der Waals surface area contributed by atoms with Gasteiger partial charge in [0.1, 0.15) is 0 Å². The first-order valence-electron chi connectivity index (χ1n) is 7.65. The number of ether oxygens (including phenoxy) is 2. The molecule has 118 valence electrons. The van der Waals surface area contributed by atoms with Crippen molar-refractivity contribution >= 4 is 15.9 Å². The van der Waals surface area contributed by atoms with Crippen molar-refractivity contribution in [2.24, 2.45) is 5.92 Å². The van der Waals surface area contributed by atoms with Gasteiger partial charge in [0.05, 0.1) is 13.7 Å². The Bertz CT molecular complexity index is 448. The maximum absolute atomic E-state index is 5.64. The fourth-order valence-electron chi connectivity index (χ4n) is 2.64. The highest BCUT2D eigenvalue weighted by Gasteiger charge is 2.13. The van der Waals surface area contributed by atoms with E-state index < -0.39 is 0 Å². The number of nitrogens with one attached hydrogen (secondary N) is 2. The van der Waals surface area contributed by atoms with E-state index in [2.05, 4.69) is 32.6 Å². The van der Waals surface area contributed by atoms with Crippen LogP contribution < -0.4 is 20.1 Å². The van der Waals surface area contributed by atoms with E-state index in [4.69, 9.17) is 9.47 Å². The molecule has 0 unspecified atom stereocenters. The van der Waals surface area contributed by atoms with Gasteiger partial charge in [0.2, 0.25) is 0 Å². The highest BCUT2D eigenvalue weighted by Crippen LogP contribution is 2.33. The van der Waals surface area contributed by atoms with Gasteiger partial charge >= 0.3 is 0 Å². The molecule has 0 aliphatic carbocycles. The SMILES string of the molecule is CCOc1cc(CNCC2CCNCC2)c(Br)cc1OC. The Balaban J connectivity index is 1.93. The second-order valence-electron chi connectivity index (χ2n) is 5.35. The zero-order chi connectivity index (χ0) is 15.1. The van der Waals surface area contributed by atoms with Crippen molar-refractivity contribution in [2.75, 3.05) is 33.4 Å². The summed E-state index contributed by atoms with van der Waals surface area (Å²) < 4.78 is 12.0. The average Bonchev–Trinajstić information content (AvgIpc) is 2.51. The lowest BCUT2D eigenvalue weighted by Gasteiger charge is -2.23. The third kappa shape index (κ3) is 4.87. The fourth-order valence-corrected chi connectivity index (χ4v) is 3.10. The van der Waals surface area contributed by atoms with Crippen LogP contribution in [0.5, 0.6) is 11.5 Å². The standard InChI is InChI=1S/C16H25BrN2O2/c1-3-21-16-8-13(14(17)9-15(16)20-2)11-19-10-12-4-6-18-7-5-12/h8-9,12,18-19H,3-7,10-11H2,1-2H3. The molecule has 1 aliphatic rings. The molecular weight excluding hydrogens is 332 g/mol. The minimum absolute atomic E-state index is 0.639. The molecule has 1 fully saturated rings. The van der Waals surface area contributed by atoms with Gasteiger partial charge in [-0.2, -0.15) is 0 Å². The highest BCUT2D eigenvalue weighted by molar-refractivity contribution is 9.10. The molecule has 1 heterocycles. The molecule has 0 radical (unpaired) electrons. The zero-order valence-corrected chi connectivity index (χ0v) is 14.5. The lowest BCUT2D eigenvalue weighted by Crippen LogP contribution is -2.33. The van der Waals surface area contributed by atoms with E-state index in [1.165, 1.54) is 18.4 Å². The van der Waals surface area contributed by atoms with Crippen LogP contribution in [-0.4, -0.2) is 33.4 Å². The Hall–Kier alpha value is -0.780. The van der Waals surface area contributed by atoms with Gasteiger partial charge in [0.15, 0.2) is 11.5 Å². The highest BCUT2D eigenvalue weighted by atomic mass is 79.9. The summed E-state index contributed by atoms with van der Waals surface area (Å²) in [5.74, 6) is 2.36. The summed E-state index contributed by atoms with van der Waals surface area (Å²) in [4.78, 5) is 0. The maximum Gasteiger partial charge on any atom is 0.161 e. The molecule has 0 aromatic heterocycles. The number of benzene rings is 1. The maximum atomic E-state index is 5.64. The first-order valence-corrected chi connectivity index (χ1v) is 8.44. The Morgan fingerprint density at radius 1 is 1.29 bits per heavy atom. The molecule has 5 heteroatoms. The van der Waals surface area contributed by atoms with Crippen LogP contribution in [0.15, 0.2) is 16.6 Å². The van der Waals surface area contributed by atoms with Gasteiger partial charge in [-0.05, 0) is 63.0 Å². The monoisotopic (exact) mass is 356 g/mol. The van der Waals surface area contributed by atoms with Crippen LogP contribution >= 0.6 is 15.9 Å². The first kappa shape index (κ1) is 16.6. The van der Waals surface area contributed by atoms with Crippen molar-refractivity contribution in [3.63, 3.8) is 0 Å². The van der Waals surface area contributed by atoms with Crippen LogP contribution in [0.3, 0.4) is 0 Å². The van der Waals surface area contributed by atoms with Gasteiger partial charge < -0.3 is 20.1 Å². The molecule has 2 N–H and O–H groups in total. The normalized spacial score (nSPS) is 16.0. The Kier molecular flexibility index (Phi) is 6.80. The second-order valence-corrected chi connectivity index (χ2v) is 6.21. The lowest BCUT2D eigenvalue weighted by atomic mass is 9.98. The summed E-state index contributed by atoms with van der Waals surface area (Å²) in [6.45, 7) is 6.83. The predicted molar refractivity (Wildman–Crippen MR) is 89.2 cm³/mol. The summed E-state index contributed by atoms with van der Waals surface area (Å²) in [7, 11) is 1.67. The van der Waals surface area contributed by atoms with Gasteiger partial charge in [-0.1, -0.05) is 15.9 Å². The summed E-state index contributed by atoms with van der Waals surface area (Å²) >= 11 is 3.61. The molecule has 1 aliphatic heterocycles. The average molecular weight is 357 g/mol. The smallest absolute Gasteiger partial charge is 0.161 e. The number of hydrogen-bond donors (Lipinski definition) is 2. The molecule has 1 aromatic rings. The number of hydrogen-bond acceptors (Lipinski definition) is 4. The fraction of sp³-hybridized carbons (Fsp3) is 0.625. The van der Waals surface area contributed by atoms with Gasteiger partial charge in [0, 0.05) is 11.0 Å². The van der Waals surface area contributed by atoms with Crippen molar-refractivity contribution in [2.45, 2.75) is 26.3 Å². The molecule has 2 rings (SSSR count). The van der Waals surface area contributed by atoms with Crippen LogP contribution in [0.25, 0.3) is 0 Å². The molecule has 4 nitrogen and oxygen atoms in total. The number of methoxy groups -OCH3 is 1.